The van der Waals surface area contributed by atoms with Crippen LogP contribution in [0.3, 0.4) is 0 Å². The molecular formula is C16H14BrN3. The second kappa shape index (κ2) is 4.63. The Morgan fingerprint density at radius 2 is 1.90 bits per heavy atom. The van der Waals surface area contributed by atoms with E-state index in [1.807, 2.05) is 6.20 Å². The van der Waals surface area contributed by atoms with Gasteiger partial charge in [-0.3, -0.25) is 0 Å². The third kappa shape index (κ3) is 2.20. The lowest BCUT2D eigenvalue weighted by Gasteiger charge is -2.09. The van der Waals surface area contributed by atoms with Crippen LogP contribution in [-0.2, 0) is 0 Å². The van der Waals surface area contributed by atoms with Crippen molar-refractivity contribution in [3.8, 4) is 0 Å². The molecule has 2 aromatic carbocycles. The molecule has 0 amide bonds. The maximum Gasteiger partial charge on any atom is 0.207 e. The van der Waals surface area contributed by atoms with E-state index >= 15 is 0 Å². The summed E-state index contributed by atoms with van der Waals surface area (Å²) in [5.41, 5.74) is 1.08. The molecule has 0 atom stereocenters. The van der Waals surface area contributed by atoms with Gasteiger partial charge in [0.05, 0.1) is 0 Å². The smallest absolute Gasteiger partial charge is 0.207 e. The fourth-order valence-electron chi connectivity index (χ4n) is 2.48. The average molecular weight is 328 g/mol. The standard InChI is InChI=1S/C16H14BrN3/c17-13-3-1-12-10-14(4-2-11(12)9-13)19-16-18-7-8-20(16)15-5-6-15/h1-4,7-10,15H,5-6H2,(H,18,19). The van der Waals surface area contributed by atoms with Crippen molar-refractivity contribution in [3.05, 3.63) is 53.3 Å². The lowest BCUT2D eigenvalue weighted by atomic mass is 10.1. The fourth-order valence-corrected chi connectivity index (χ4v) is 2.86. The van der Waals surface area contributed by atoms with Crippen LogP contribution in [0.2, 0.25) is 0 Å². The number of benzene rings is 2. The van der Waals surface area contributed by atoms with Crippen LogP contribution in [-0.4, -0.2) is 9.55 Å². The molecule has 0 spiro atoms. The first-order valence-corrected chi connectivity index (χ1v) is 7.58. The Hall–Kier alpha value is -1.81. The van der Waals surface area contributed by atoms with Crippen molar-refractivity contribution in [1.82, 2.24) is 9.55 Å². The summed E-state index contributed by atoms with van der Waals surface area (Å²) in [7, 11) is 0. The number of anilines is 2. The van der Waals surface area contributed by atoms with Gasteiger partial charge in [0.1, 0.15) is 0 Å². The van der Waals surface area contributed by atoms with Gasteiger partial charge in [-0.2, -0.15) is 0 Å². The number of nitrogens with zero attached hydrogens (tertiary/aromatic N) is 2. The molecule has 1 aliphatic rings. The molecule has 1 saturated carbocycles. The number of hydrogen-bond donors (Lipinski definition) is 1. The lowest BCUT2D eigenvalue weighted by Crippen LogP contribution is -2.01. The van der Waals surface area contributed by atoms with Crippen molar-refractivity contribution in [1.29, 1.82) is 0 Å². The topological polar surface area (TPSA) is 29.9 Å². The molecule has 0 aliphatic heterocycles. The Bertz CT molecular complexity index is 774. The molecule has 4 heteroatoms. The van der Waals surface area contributed by atoms with Crippen LogP contribution >= 0.6 is 15.9 Å². The van der Waals surface area contributed by atoms with Crippen molar-refractivity contribution < 1.29 is 0 Å². The summed E-state index contributed by atoms with van der Waals surface area (Å²) in [6.07, 6.45) is 6.44. The van der Waals surface area contributed by atoms with Gasteiger partial charge in [-0.1, -0.05) is 28.1 Å². The molecule has 1 aromatic heterocycles. The fraction of sp³-hybridized carbons (Fsp3) is 0.188. The van der Waals surface area contributed by atoms with Crippen LogP contribution in [0.25, 0.3) is 10.8 Å². The number of rotatable bonds is 3. The van der Waals surface area contributed by atoms with Gasteiger partial charge in [-0.25, -0.2) is 4.98 Å². The number of fused-ring (bicyclic) bond motifs is 1. The van der Waals surface area contributed by atoms with Crippen LogP contribution in [0.15, 0.2) is 53.3 Å². The minimum atomic E-state index is 0.636. The third-order valence-electron chi connectivity index (χ3n) is 3.67. The van der Waals surface area contributed by atoms with E-state index in [4.69, 9.17) is 0 Å². The molecule has 1 fully saturated rings. The molecule has 0 unspecified atom stereocenters. The normalized spacial score (nSPS) is 14.7. The van der Waals surface area contributed by atoms with Gasteiger partial charge in [0.2, 0.25) is 5.95 Å². The summed E-state index contributed by atoms with van der Waals surface area (Å²) in [6.45, 7) is 0. The van der Waals surface area contributed by atoms with E-state index in [0.29, 0.717) is 6.04 Å². The highest BCUT2D eigenvalue weighted by Crippen LogP contribution is 2.37. The molecule has 0 bridgehead atoms. The molecule has 1 heterocycles. The van der Waals surface area contributed by atoms with Crippen LogP contribution < -0.4 is 5.32 Å². The first-order chi connectivity index (χ1) is 9.79. The van der Waals surface area contributed by atoms with Crippen molar-refractivity contribution in [2.45, 2.75) is 18.9 Å². The average Bonchev–Trinajstić information content (AvgIpc) is 3.20. The van der Waals surface area contributed by atoms with E-state index < -0.39 is 0 Å². The van der Waals surface area contributed by atoms with E-state index in [-0.39, 0.29) is 0 Å². The van der Waals surface area contributed by atoms with E-state index in [1.54, 1.807) is 0 Å². The van der Waals surface area contributed by atoms with Gasteiger partial charge in [-0.15, -0.1) is 0 Å². The predicted octanol–water partition coefficient (Wildman–Crippen LogP) is 4.88. The van der Waals surface area contributed by atoms with Crippen LogP contribution in [0.5, 0.6) is 0 Å². The van der Waals surface area contributed by atoms with E-state index in [1.165, 1.54) is 23.6 Å². The molecule has 1 aliphatic carbocycles. The highest BCUT2D eigenvalue weighted by atomic mass is 79.9. The van der Waals surface area contributed by atoms with Crippen LogP contribution in [0.4, 0.5) is 11.6 Å². The number of aromatic nitrogens is 2. The Morgan fingerprint density at radius 1 is 1.10 bits per heavy atom. The van der Waals surface area contributed by atoms with Crippen LogP contribution in [0.1, 0.15) is 18.9 Å². The van der Waals surface area contributed by atoms with Crippen molar-refractivity contribution in [3.63, 3.8) is 0 Å². The highest BCUT2D eigenvalue weighted by molar-refractivity contribution is 9.10. The molecular weight excluding hydrogens is 314 g/mol. The zero-order valence-electron chi connectivity index (χ0n) is 10.9. The summed E-state index contributed by atoms with van der Waals surface area (Å²) >= 11 is 3.50. The number of hydrogen-bond acceptors (Lipinski definition) is 2. The molecule has 4 rings (SSSR count). The van der Waals surface area contributed by atoms with Crippen molar-refractivity contribution >= 4 is 38.3 Å². The number of imidazole rings is 1. The predicted molar refractivity (Wildman–Crippen MR) is 85.4 cm³/mol. The highest BCUT2D eigenvalue weighted by Gasteiger charge is 2.25. The van der Waals surface area contributed by atoms with Gasteiger partial charge in [0, 0.05) is 28.6 Å². The van der Waals surface area contributed by atoms with Gasteiger partial charge in [0.15, 0.2) is 0 Å². The Morgan fingerprint density at radius 3 is 2.75 bits per heavy atom. The monoisotopic (exact) mass is 327 g/mol. The summed E-state index contributed by atoms with van der Waals surface area (Å²) in [6, 6.07) is 13.3. The quantitative estimate of drug-likeness (QED) is 0.743. The summed E-state index contributed by atoms with van der Waals surface area (Å²) < 4.78 is 3.33. The van der Waals surface area contributed by atoms with Crippen molar-refractivity contribution in [2.75, 3.05) is 5.32 Å². The molecule has 3 nitrogen and oxygen atoms in total. The zero-order valence-corrected chi connectivity index (χ0v) is 12.5. The molecule has 1 N–H and O–H groups in total. The Kier molecular flexibility index (Phi) is 2.77. The van der Waals surface area contributed by atoms with Crippen molar-refractivity contribution in [2.24, 2.45) is 0 Å². The van der Waals surface area contributed by atoms with Gasteiger partial charge in [-0.05, 0) is 47.9 Å². The molecule has 0 saturated heterocycles. The largest absolute Gasteiger partial charge is 0.326 e. The van der Waals surface area contributed by atoms with E-state index in [0.717, 1.165) is 16.1 Å². The second-order valence-corrected chi connectivity index (χ2v) is 6.14. The number of halogens is 1. The Labute approximate surface area is 125 Å². The second-order valence-electron chi connectivity index (χ2n) is 5.22. The minimum absolute atomic E-state index is 0.636. The summed E-state index contributed by atoms with van der Waals surface area (Å²) in [5.74, 6) is 0.934. The zero-order chi connectivity index (χ0) is 13.5. The molecule has 20 heavy (non-hydrogen) atoms. The lowest BCUT2D eigenvalue weighted by molar-refractivity contribution is 0.751. The maximum absolute atomic E-state index is 4.41. The van der Waals surface area contributed by atoms with Gasteiger partial charge < -0.3 is 9.88 Å². The first kappa shape index (κ1) is 12.0. The molecule has 100 valence electrons. The van der Waals surface area contributed by atoms with Gasteiger partial charge in [0.25, 0.3) is 0 Å². The first-order valence-electron chi connectivity index (χ1n) is 6.79. The van der Waals surface area contributed by atoms with Gasteiger partial charge >= 0.3 is 0 Å². The molecule has 3 aromatic rings. The Balaban J connectivity index is 1.68. The summed E-state index contributed by atoms with van der Waals surface area (Å²) in [5, 5.41) is 5.88. The van der Waals surface area contributed by atoms with Crippen LogP contribution in [0, 0.1) is 0 Å². The molecule has 0 radical (unpaired) electrons. The van der Waals surface area contributed by atoms with E-state index in [2.05, 4.69) is 73.4 Å². The van der Waals surface area contributed by atoms with E-state index in [9.17, 15) is 0 Å². The minimum Gasteiger partial charge on any atom is -0.326 e. The maximum atomic E-state index is 4.41. The number of nitrogens with one attached hydrogen (secondary N) is 1. The third-order valence-corrected chi connectivity index (χ3v) is 4.16. The summed E-state index contributed by atoms with van der Waals surface area (Å²) in [4.78, 5) is 4.41. The SMILES string of the molecule is Brc1ccc2cc(Nc3nccn3C3CC3)ccc2c1.